The molecule has 0 saturated carbocycles. The van der Waals surface area contributed by atoms with Crippen LogP contribution in [0.2, 0.25) is 5.15 Å². The third kappa shape index (κ3) is 4.42. The number of nitrogens with one attached hydrogen (secondary N) is 1. The van der Waals surface area contributed by atoms with Gasteiger partial charge in [-0.15, -0.1) is 0 Å². The Hall–Kier alpha value is -1.65. The van der Waals surface area contributed by atoms with Crippen LogP contribution >= 0.6 is 23.8 Å². The van der Waals surface area contributed by atoms with Crippen molar-refractivity contribution in [2.45, 2.75) is 26.3 Å². The molecule has 0 unspecified atom stereocenters. The molecule has 116 valence electrons. The maximum atomic E-state index is 5.80. The lowest BCUT2D eigenvalue weighted by Crippen LogP contribution is -2.31. The van der Waals surface area contributed by atoms with Gasteiger partial charge in [0, 0.05) is 25.5 Å². The molecule has 0 fully saturated rings. The largest absolute Gasteiger partial charge is 0.348 e. The van der Waals surface area contributed by atoms with Crippen LogP contribution in [0.1, 0.15) is 30.9 Å². The zero-order chi connectivity index (χ0) is 16.1. The Bertz CT molecular complexity index is 641. The fourth-order valence-electron chi connectivity index (χ4n) is 2.17. The lowest BCUT2D eigenvalue weighted by molar-refractivity contribution is 0.507. The number of para-hydroxylation sites is 1. The molecule has 1 aromatic heterocycles. The maximum Gasteiger partial charge on any atom is 0.173 e. The van der Waals surface area contributed by atoms with Crippen LogP contribution in [-0.2, 0) is 6.54 Å². The first-order chi connectivity index (χ1) is 10.5. The van der Waals surface area contributed by atoms with Crippen LogP contribution in [0.15, 0.2) is 42.6 Å². The molecule has 5 heteroatoms. The van der Waals surface area contributed by atoms with Crippen LogP contribution in [0.25, 0.3) is 0 Å². The second-order valence-corrected chi connectivity index (χ2v) is 6.29. The van der Waals surface area contributed by atoms with Gasteiger partial charge in [0.05, 0.1) is 0 Å². The van der Waals surface area contributed by atoms with Crippen LogP contribution in [0.4, 0.5) is 5.69 Å². The van der Waals surface area contributed by atoms with Gasteiger partial charge in [-0.05, 0) is 41.4 Å². The van der Waals surface area contributed by atoms with E-state index in [0.29, 0.717) is 22.7 Å². The van der Waals surface area contributed by atoms with E-state index in [2.05, 4.69) is 36.3 Å². The topological polar surface area (TPSA) is 28.2 Å². The third-order valence-corrected chi connectivity index (χ3v) is 4.02. The van der Waals surface area contributed by atoms with Gasteiger partial charge in [0.15, 0.2) is 5.11 Å². The molecule has 0 aliphatic heterocycles. The number of aromatic nitrogens is 1. The molecule has 0 saturated heterocycles. The van der Waals surface area contributed by atoms with E-state index < -0.39 is 0 Å². The van der Waals surface area contributed by atoms with E-state index in [1.165, 1.54) is 5.56 Å². The van der Waals surface area contributed by atoms with Crippen LogP contribution in [0, 0.1) is 0 Å². The number of pyridine rings is 1. The predicted octanol–water partition coefficient (Wildman–Crippen LogP) is 4.69. The Labute approximate surface area is 142 Å². The van der Waals surface area contributed by atoms with E-state index in [9.17, 15) is 0 Å². The second-order valence-electron chi connectivity index (χ2n) is 5.52. The van der Waals surface area contributed by atoms with Crippen LogP contribution < -0.4 is 5.32 Å². The highest BCUT2D eigenvalue weighted by Crippen LogP contribution is 2.24. The summed E-state index contributed by atoms with van der Waals surface area (Å²) in [6.07, 6.45) is 1.77. The molecule has 0 atom stereocenters. The highest BCUT2D eigenvalue weighted by atomic mass is 35.5. The Morgan fingerprint density at radius 2 is 2.00 bits per heavy atom. The van der Waals surface area contributed by atoms with E-state index in [-0.39, 0.29) is 0 Å². The van der Waals surface area contributed by atoms with Crippen LogP contribution in [-0.4, -0.2) is 22.0 Å². The number of benzene rings is 1. The third-order valence-electron chi connectivity index (χ3n) is 3.38. The monoisotopic (exact) mass is 333 g/mol. The van der Waals surface area contributed by atoms with Crippen molar-refractivity contribution in [2.24, 2.45) is 0 Å². The smallest absolute Gasteiger partial charge is 0.173 e. The van der Waals surface area contributed by atoms with Crippen molar-refractivity contribution < 1.29 is 0 Å². The Morgan fingerprint density at radius 1 is 1.27 bits per heavy atom. The fourth-order valence-corrected chi connectivity index (χ4v) is 2.46. The van der Waals surface area contributed by atoms with E-state index in [4.69, 9.17) is 23.8 Å². The average Bonchev–Trinajstić information content (AvgIpc) is 2.49. The van der Waals surface area contributed by atoms with Gasteiger partial charge in [-0.1, -0.05) is 49.7 Å². The fraction of sp³-hybridized carbons (Fsp3) is 0.294. The number of anilines is 1. The minimum Gasteiger partial charge on any atom is -0.348 e. The van der Waals surface area contributed by atoms with Crippen molar-refractivity contribution in [1.82, 2.24) is 9.88 Å². The number of thiocarbonyl (C=S) groups is 1. The van der Waals surface area contributed by atoms with Gasteiger partial charge in [0.2, 0.25) is 0 Å². The molecule has 1 N–H and O–H groups in total. The molecule has 22 heavy (non-hydrogen) atoms. The van der Waals surface area contributed by atoms with Gasteiger partial charge < -0.3 is 10.2 Å². The zero-order valence-corrected chi connectivity index (χ0v) is 14.6. The highest BCUT2D eigenvalue weighted by molar-refractivity contribution is 7.80. The lowest BCUT2D eigenvalue weighted by atomic mass is 10.0. The normalized spacial score (nSPS) is 10.6. The van der Waals surface area contributed by atoms with Crippen LogP contribution in [0.5, 0.6) is 0 Å². The minimum absolute atomic E-state index is 0.442. The molecule has 0 spiro atoms. The number of hydrogen-bond acceptors (Lipinski definition) is 2. The summed E-state index contributed by atoms with van der Waals surface area (Å²) in [5.74, 6) is 0.442. The quantitative estimate of drug-likeness (QED) is 0.649. The molecule has 0 amide bonds. The van der Waals surface area contributed by atoms with Gasteiger partial charge in [0.25, 0.3) is 0 Å². The number of hydrogen-bond donors (Lipinski definition) is 1. The van der Waals surface area contributed by atoms with Crippen molar-refractivity contribution in [3.8, 4) is 0 Å². The summed E-state index contributed by atoms with van der Waals surface area (Å²) >= 11 is 11.3. The summed E-state index contributed by atoms with van der Waals surface area (Å²) in [5, 5.41) is 4.52. The number of rotatable bonds is 4. The first kappa shape index (κ1) is 16.7. The van der Waals surface area contributed by atoms with Crippen LogP contribution in [0.3, 0.4) is 0 Å². The van der Waals surface area contributed by atoms with Crippen molar-refractivity contribution in [2.75, 3.05) is 12.4 Å². The predicted molar refractivity (Wildman–Crippen MR) is 97.5 cm³/mol. The molecule has 0 radical (unpaired) electrons. The molecular weight excluding hydrogens is 314 g/mol. The highest BCUT2D eigenvalue weighted by Gasteiger charge is 2.10. The summed E-state index contributed by atoms with van der Waals surface area (Å²) in [5.41, 5.74) is 3.38. The van der Waals surface area contributed by atoms with Gasteiger partial charge in [-0.3, -0.25) is 0 Å². The number of nitrogens with zero attached hydrogens (tertiary/aromatic N) is 2. The molecule has 0 aliphatic carbocycles. The van der Waals surface area contributed by atoms with E-state index in [0.717, 1.165) is 11.3 Å². The number of halogens is 1. The Morgan fingerprint density at radius 3 is 2.64 bits per heavy atom. The Kier molecular flexibility index (Phi) is 5.75. The average molecular weight is 334 g/mol. The molecular formula is C17H20ClN3S. The second kappa shape index (κ2) is 7.56. The molecule has 2 rings (SSSR count). The van der Waals surface area contributed by atoms with Crippen molar-refractivity contribution in [3.63, 3.8) is 0 Å². The van der Waals surface area contributed by atoms with Crippen molar-refractivity contribution in [3.05, 3.63) is 58.9 Å². The minimum atomic E-state index is 0.442. The summed E-state index contributed by atoms with van der Waals surface area (Å²) in [7, 11) is 1.96. The van der Waals surface area contributed by atoms with Gasteiger partial charge >= 0.3 is 0 Å². The maximum absolute atomic E-state index is 5.80. The van der Waals surface area contributed by atoms with Gasteiger partial charge in [-0.25, -0.2) is 4.98 Å². The lowest BCUT2D eigenvalue weighted by Gasteiger charge is -2.23. The van der Waals surface area contributed by atoms with Gasteiger partial charge in [-0.2, -0.15) is 0 Å². The Balaban J connectivity index is 2.04. The first-order valence-electron chi connectivity index (χ1n) is 7.19. The summed E-state index contributed by atoms with van der Waals surface area (Å²) in [6, 6.07) is 12.0. The summed E-state index contributed by atoms with van der Waals surface area (Å²) < 4.78 is 0. The SMILES string of the molecule is CC(C)c1ccccc1NC(=S)N(C)Cc1ccc(Cl)nc1. The molecule has 1 heterocycles. The van der Waals surface area contributed by atoms with Crippen molar-refractivity contribution >= 4 is 34.6 Å². The summed E-state index contributed by atoms with van der Waals surface area (Å²) in [4.78, 5) is 6.07. The van der Waals surface area contributed by atoms with E-state index >= 15 is 0 Å². The molecule has 2 aromatic rings. The molecule has 3 nitrogen and oxygen atoms in total. The summed E-state index contributed by atoms with van der Waals surface area (Å²) in [6.45, 7) is 5.03. The standard InChI is InChI=1S/C17H20ClN3S/c1-12(2)14-6-4-5-7-15(14)20-17(22)21(3)11-13-8-9-16(18)19-10-13/h4-10,12H,11H2,1-3H3,(H,20,22). The first-order valence-corrected chi connectivity index (χ1v) is 7.97. The van der Waals surface area contributed by atoms with Gasteiger partial charge in [0.1, 0.15) is 5.15 Å². The van der Waals surface area contributed by atoms with E-state index in [1.54, 1.807) is 12.3 Å². The van der Waals surface area contributed by atoms with Crippen molar-refractivity contribution in [1.29, 1.82) is 0 Å². The molecule has 0 aliphatic rings. The zero-order valence-electron chi connectivity index (χ0n) is 13.0. The molecule has 1 aromatic carbocycles. The molecule has 0 bridgehead atoms. The van der Waals surface area contributed by atoms with E-state index in [1.807, 2.05) is 30.1 Å².